The quantitative estimate of drug-likeness (QED) is 0.460. The van der Waals surface area contributed by atoms with Crippen LogP contribution >= 0.6 is 11.8 Å². The summed E-state index contributed by atoms with van der Waals surface area (Å²) >= 11 is 1.36. The van der Waals surface area contributed by atoms with E-state index >= 15 is 0 Å². The Morgan fingerprint density at radius 3 is 2.94 bits per heavy atom. The summed E-state index contributed by atoms with van der Waals surface area (Å²) in [6, 6.07) is 11.2. The second kappa shape index (κ2) is 10.5. The van der Waals surface area contributed by atoms with Crippen LogP contribution in [0.1, 0.15) is 30.1 Å². The molecule has 1 fully saturated rings. The van der Waals surface area contributed by atoms with E-state index in [1.54, 1.807) is 19.4 Å². The number of hydrogen-bond acceptors (Lipinski definition) is 7. The molecule has 9 heteroatoms. The van der Waals surface area contributed by atoms with Gasteiger partial charge in [0.15, 0.2) is 0 Å². The first-order valence-corrected chi connectivity index (χ1v) is 12.8. The molecule has 1 atom stereocenters. The number of nitrogens with zero attached hydrogens (tertiary/aromatic N) is 2. The summed E-state index contributed by atoms with van der Waals surface area (Å²) in [5.41, 5.74) is 2.93. The van der Waals surface area contributed by atoms with E-state index in [-0.39, 0.29) is 17.8 Å². The molecule has 2 aliphatic heterocycles. The number of β-amino-alcohol motifs (C(OH)–C–C–N with tert-alkyl or cyclic N) is 1. The van der Waals surface area contributed by atoms with Crippen molar-refractivity contribution in [3.8, 4) is 5.75 Å². The normalized spacial score (nSPS) is 17.7. The summed E-state index contributed by atoms with van der Waals surface area (Å²) in [7, 11) is 1.61. The lowest BCUT2D eigenvalue weighted by Gasteiger charge is -2.34. The van der Waals surface area contributed by atoms with Crippen LogP contribution in [0.4, 0.5) is 10.1 Å². The predicted molar refractivity (Wildman–Crippen MR) is 135 cm³/mol. The number of aliphatic hydroxyl groups is 1. The molecule has 35 heavy (non-hydrogen) atoms. The van der Waals surface area contributed by atoms with Crippen molar-refractivity contribution in [3.63, 3.8) is 0 Å². The number of aliphatic hydroxyl groups excluding tert-OH is 1. The van der Waals surface area contributed by atoms with Crippen LogP contribution in [0.5, 0.6) is 5.75 Å². The van der Waals surface area contributed by atoms with Crippen LogP contribution < -0.4 is 15.4 Å². The predicted octanol–water partition coefficient (Wildman–Crippen LogP) is 3.71. The topological polar surface area (TPSA) is 86.7 Å². The van der Waals surface area contributed by atoms with Crippen LogP contribution in [0.2, 0.25) is 0 Å². The van der Waals surface area contributed by atoms with E-state index in [4.69, 9.17) is 4.74 Å². The summed E-state index contributed by atoms with van der Waals surface area (Å²) in [4.78, 5) is 19.1. The maximum atomic E-state index is 14.5. The smallest absolute Gasteiger partial charge is 0.234 e. The Kier molecular flexibility index (Phi) is 7.19. The monoisotopic (exact) mass is 496 g/mol. The van der Waals surface area contributed by atoms with Gasteiger partial charge in [-0.1, -0.05) is 12.1 Å². The molecule has 0 radical (unpaired) electrons. The van der Waals surface area contributed by atoms with Gasteiger partial charge in [0.1, 0.15) is 11.6 Å². The summed E-state index contributed by atoms with van der Waals surface area (Å²) in [5, 5.41) is 18.2. The molecule has 1 amide bonds. The molecular weight excluding hydrogens is 467 g/mol. The average molecular weight is 497 g/mol. The highest BCUT2D eigenvalue weighted by atomic mass is 32.2. The van der Waals surface area contributed by atoms with Gasteiger partial charge in [0.05, 0.1) is 36.4 Å². The number of halogens is 1. The first-order valence-electron chi connectivity index (χ1n) is 11.8. The standard InChI is InChI=1S/C26H29FN4O3S/c1-34-18-10-20-19(3-2-4-22(20)29-13-18)24(32)14-31-7-5-17(6-8-31)28-12-16-9-23-25(11-21(16)27)35-15-26(33)30-23/h2-4,9-11,13,17,24,28,32H,5-8,12,14-15H2,1H3,(H,30,33). The molecule has 0 aliphatic carbocycles. The first kappa shape index (κ1) is 24.0. The number of anilines is 1. The van der Waals surface area contributed by atoms with E-state index in [1.165, 1.54) is 17.8 Å². The van der Waals surface area contributed by atoms with Gasteiger partial charge in [0.2, 0.25) is 5.91 Å². The van der Waals surface area contributed by atoms with Gasteiger partial charge in [-0.2, -0.15) is 0 Å². The van der Waals surface area contributed by atoms with Crippen molar-refractivity contribution in [2.75, 3.05) is 37.8 Å². The van der Waals surface area contributed by atoms with Gasteiger partial charge in [0.25, 0.3) is 0 Å². The summed E-state index contributed by atoms with van der Waals surface area (Å²) < 4.78 is 19.8. The van der Waals surface area contributed by atoms with E-state index in [2.05, 4.69) is 20.5 Å². The molecule has 2 aliphatic rings. The molecule has 3 N–H and O–H groups in total. The third-order valence-corrected chi connectivity index (χ3v) is 7.77. The number of pyridine rings is 1. The van der Waals surface area contributed by atoms with Crippen LogP contribution in [0.3, 0.4) is 0 Å². The Morgan fingerprint density at radius 1 is 1.31 bits per heavy atom. The molecule has 184 valence electrons. The van der Waals surface area contributed by atoms with Gasteiger partial charge < -0.3 is 25.4 Å². The van der Waals surface area contributed by atoms with Gasteiger partial charge in [-0.3, -0.25) is 9.78 Å². The lowest BCUT2D eigenvalue weighted by molar-refractivity contribution is -0.113. The molecule has 0 spiro atoms. The fourth-order valence-electron chi connectivity index (χ4n) is 4.75. The lowest BCUT2D eigenvalue weighted by atomic mass is 10.0. The zero-order valence-electron chi connectivity index (χ0n) is 19.6. The van der Waals surface area contributed by atoms with Gasteiger partial charge >= 0.3 is 0 Å². The molecule has 2 aromatic carbocycles. The summed E-state index contributed by atoms with van der Waals surface area (Å²) in [6.07, 6.45) is 2.88. The molecule has 1 unspecified atom stereocenters. The maximum absolute atomic E-state index is 14.5. The highest BCUT2D eigenvalue weighted by molar-refractivity contribution is 8.00. The Hall–Kier alpha value is -2.72. The first-order chi connectivity index (χ1) is 17.0. The third-order valence-electron chi connectivity index (χ3n) is 6.71. The fraction of sp³-hybridized carbons (Fsp3) is 0.385. The van der Waals surface area contributed by atoms with Crippen LogP contribution in [-0.4, -0.2) is 59.4 Å². The molecule has 0 saturated carbocycles. The number of nitrogens with one attached hydrogen (secondary N) is 2. The zero-order valence-corrected chi connectivity index (χ0v) is 20.4. The zero-order chi connectivity index (χ0) is 24.4. The fourth-order valence-corrected chi connectivity index (χ4v) is 5.57. The van der Waals surface area contributed by atoms with Crippen molar-refractivity contribution >= 4 is 34.3 Å². The molecule has 7 nitrogen and oxygen atoms in total. The van der Waals surface area contributed by atoms with Gasteiger partial charge in [-0.15, -0.1) is 11.8 Å². The minimum absolute atomic E-state index is 0.0542. The number of ether oxygens (including phenoxy) is 1. The Morgan fingerprint density at radius 2 is 2.14 bits per heavy atom. The molecule has 1 saturated heterocycles. The number of methoxy groups -OCH3 is 1. The van der Waals surface area contributed by atoms with E-state index < -0.39 is 6.10 Å². The van der Waals surface area contributed by atoms with Gasteiger partial charge in [-0.25, -0.2) is 4.39 Å². The molecule has 0 bridgehead atoms. The number of aromatic nitrogens is 1. The largest absolute Gasteiger partial charge is 0.495 e. The number of fused-ring (bicyclic) bond motifs is 2. The molecular formula is C26H29FN4O3S. The second-order valence-electron chi connectivity index (χ2n) is 9.04. The van der Waals surface area contributed by atoms with Crippen LogP contribution in [0.15, 0.2) is 47.5 Å². The number of carbonyl (C=O) groups is 1. The SMILES string of the molecule is COc1cnc2cccc(C(O)CN3CCC(NCc4cc5c(cc4F)SCC(=O)N5)CC3)c2c1. The van der Waals surface area contributed by atoms with Crippen molar-refractivity contribution < 1.29 is 19.0 Å². The van der Waals surface area contributed by atoms with E-state index in [1.807, 2.05) is 24.3 Å². The maximum Gasteiger partial charge on any atom is 0.234 e. The summed E-state index contributed by atoms with van der Waals surface area (Å²) in [6.45, 7) is 2.65. The highest BCUT2D eigenvalue weighted by Crippen LogP contribution is 2.33. The van der Waals surface area contributed by atoms with E-state index in [0.717, 1.165) is 47.3 Å². The average Bonchev–Trinajstić information content (AvgIpc) is 2.87. The van der Waals surface area contributed by atoms with Crippen molar-refractivity contribution in [3.05, 3.63) is 59.5 Å². The van der Waals surface area contributed by atoms with Crippen LogP contribution in [-0.2, 0) is 11.3 Å². The number of benzene rings is 2. The lowest BCUT2D eigenvalue weighted by Crippen LogP contribution is -2.43. The number of likely N-dealkylation sites (tertiary alicyclic amines) is 1. The molecule has 1 aromatic heterocycles. The Labute approximate surface area is 208 Å². The van der Waals surface area contributed by atoms with Crippen molar-refractivity contribution in [2.24, 2.45) is 0 Å². The summed E-state index contributed by atoms with van der Waals surface area (Å²) in [5.74, 6) is 0.687. The number of carbonyl (C=O) groups excluding carboxylic acids is 1. The highest BCUT2D eigenvalue weighted by Gasteiger charge is 2.23. The van der Waals surface area contributed by atoms with E-state index in [0.29, 0.717) is 35.8 Å². The van der Waals surface area contributed by atoms with E-state index in [9.17, 15) is 14.3 Å². The van der Waals surface area contributed by atoms with Crippen LogP contribution in [0.25, 0.3) is 10.9 Å². The minimum Gasteiger partial charge on any atom is -0.495 e. The number of piperidine rings is 1. The Balaban J connectivity index is 1.16. The minimum atomic E-state index is -0.630. The number of thioether (sulfide) groups is 1. The van der Waals surface area contributed by atoms with Crippen LogP contribution in [0, 0.1) is 5.82 Å². The number of rotatable bonds is 7. The molecule has 3 heterocycles. The third kappa shape index (κ3) is 5.43. The van der Waals surface area contributed by atoms with Gasteiger partial charge in [-0.05, 0) is 55.8 Å². The number of hydrogen-bond donors (Lipinski definition) is 3. The molecule has 3 aromatic rings. The number of amides is 1. The van der Waals surface area contributed by atoms with Crippen molar-refractivity contribution in [1.82, 2.24) is 15.2 Å². The van der Waals surface area contributed by atoms with Crippen molar-refractivity contribution in [2.45, 2.75) is 36.4 Å². The van der Waals surface area contributed by atoms with Gasteiger partial charge in [0, 0.05) is 35.0 Å². The second-order valence-corrected chi connectivity index (χ2v) is 10.1. The molecule has 5 rings (SSSR count). The van der Waals surface area contributed by atoms with Crippen molar-refractivity contribution in [1.29, 1.82) is 0 Å². The Bertz CT molecular complexity index is 1230.